The molecule has 174 valence electrons. The van der Waals surface area contributed by atoms with Gasteiger partial charge in [0.2, 0.25) is 5.91 Å². The minimum absolute atomic E-state index is 0.0214. The van der Waals surface area contributed by atoms with Crippen LogP contribution < -0.4 is 5.32 Å². The molecule has 1 amide bonds. The lowest BCUT2D eigenvalue weighted by atomic mass is 9.52. The van der Waals surface area contributed by atoms with Gasteiger partial charge in [0, 0.05) is 24.1 Å². The Hall–Kier alpha value is -2.21. The van der Waals surface area contributed by atoms with Crippen LogP contribution in [0.4, 0.5) is 0 Å². The monoisotopic (exact) mass is 441 g/mol. The Morgan fingerprint density at radius 2 is 2.03 bits per heavy atom. The second-order valence-electron chi connectivity index (χ2n) is 9.61. The van der Waals surface area contributed by atoms with Gasteiger partial charge in [-0.15, -0.1) is 0 Å². The fraction of sp³-hybridized carbons (Fsp3) is 0.654. The number of hydrogen-bond acceptors (Lipinski definition) is 5. The first-order valence-electron chi connectivity index (χ1n) is 12.1. The Labute approximate surface area is 190 Å². The molecule has 5 unspecified atom stereocenters. The average Bonchev–Trinajstić information content (AvgIpc) is 3.38. The maximum Gasteiger partial charge on any atom is 0.334 e. The van der Waals surface area contributed by atoms with E-state index in [1.807, 2.05) is 33.8 Å². The standard InChI is InChI=1S/C24H29NO5.C2H6/c1-4-9-25-20(26)10-13(2)14-5-6-18-23(3)8-7-15-16(12-29-22(15)28)17(23)11-19-24(18,30-19)21(14)27;1-2/h5-6,13,17,19H,4,7-12H2,1-3H3,(H,25,26);1-2H3. The topological polar surface area (TPSA) is 85.0 Å². The summed E-state index contributed by atoms with van der Waals surface area (Å²) >= 11 is 0. The number of cyclic esters (lactones) is 1. The zero-order chi connectivity index (χ0) is 23.3. The van der Waals surface area contributed by atoms with Crippen LogP contribution in [0.25, 0.3) is 0 Å². The van der Waals surface area contributed by atoms with Crippen LogP contribution in [0.3, 0.4) is 0 Å². The molecule has 0 bridgehead atoms. The van der Waals surface area contributed by atoms with Gasteiger partial charge in [-0.25, -0.2) is 4.79 Å². The number of carbonyl (C=O) groups is 3. The molecule has 32 heavy (non-hydrogen) atoms. The summed E-state index contributed by atoms with van der Waals surface area (Å²) in [5.41, 5.74) is 2.63. The molecule has 1 N–H and O–H groups in total. The van der Waals surface area contributed by atoms with Crippen molar-refractivity contribution in [2.75, 3.05) is 13.2 Å². The molecule has 1 saturated heterocycles. The number of ether oxygens (including phenoxy) is 2. The van der Waals surface area contributed by atoms with Crippen LogP contribution >= 0.6 is 0 Å². The number of fused-ring (bicyclic) bond motifs is 3. The Bertz CT molecular complexity index is 944. The summed E-state index contributed by atoms with van der Waals surface area (Å²) in [6.07, 6.45) is 7.28. The van der Waals surface area contributed by atoms with E-state index in [4.69, 9.17) is 9.47 Å². The molecule has 1 saturated carbocycles. The zero-order valence-electron chi connectivity index (χ0n) is 19.9. The van der Waals surface area contributed by atoms with E-state index in [2.05, 4.69) is 18.3 Å². The first-order chi connectivity index (χ1) is 15.3. The smallest absolute Gasteiger partial charge is 0.334 e. The van der Waals surface area contributed by atoms with Gasteiger partial charge in [-0.3, -0.25) is 9.59 Å². The van der Waals surface area contributed by atoms with E-state index in [0.29, 0.717) is 31.6 Å². The minimum atomic E-state index is -0.856. The fourth-order valence-corrected chi connectivity index (χ4v) is 6.18. The summed E-state index contributed by atoms with van der Waals surface area (Å²) in [4.78, 5) is 37.8. The van der Waals surface area contributed by atoms with E-state index in [1.54, 1.807) is 0 Å². The predicted octanol–water partition coefficient (Wildman–Crippen LogP) is 3.81. The highest BCUT2D eigenvalue weighted by molar-refractivity contribution is 6.09. The van der Waals surface area contributed by atoms with Crippen LogP contribution in [-0.2, 0) is 23.9 Å². The maximum atomic E-state index is 13.6. The van der Waals surface area contributed by atoms with E-state index < -0.39 is 5.60 Å². The van der Waals surface area contributed by atoms with Gasteiger partial charge in [-0.2, -0.15) is 0 Å². The highest BCUT2D eigenvalue weighted by atomic mass is 16.6. The van der Waals surface area contributed by atoms with Gasteiger partial charge in [0.25, 0.3) is 0 Å². The van der Waals surface area contributed by atoms with Crippen molar-refractivity contribution in [3.05, 3.63) is 34.4 Å². The number of amides is 1. The van der Waals surface area contributed by atoms with Crippen molar-refractivity contribution < 1.29 is 23.9 Å². The molecule has 1 spiro atoms. The summed E-state index contributed by atoms with van der Waals surface area (Å²) in [6.45, 7) is 11.2. The van der Waals surface area contributed by atoms with Crippen molar-refractivity contribution in [1.82, 2.24) is 5.32 Å². The number of Topliss-reactive ketones (excluding diaryl/α,β-unsaturated/α-hetero) is 1. The summed E-state index contributed by atoms with van der Waals surface area (Å²) in [5.74, 6) is -0.143. The Balaban J connectivity index is 0.00000119. The molecule has 5 aliphatic rings. The third kappa shape index (κ3) is 3.21. The summed E-state index contributed by atoms with van der Waals surface area (Å²) < 4.78 is 11.5. The number of nitrogens with one attached hydrogen (secondary N) is 1. The number of allylic oxidation sites excluding steroid dienone is 2. The molecule has 0 aromatic carbocycles. The Morgan fingerprint density at radius 1 is 1.28 bits per heavy atom. The van der Waals surface area contributed by atoms with Crippen molar-refractivity contribution >= 4 is 17.7 Å². The second kappa shape index (κ2) is 8.29. The van der Waals surface area contributed by atoms with Gasteiger partial charge in [-0.1, -0.05) is 46.8 Å². The molecule has 5 atom stereocenters. The van der Waals surface area contributed by atoms with Crippen LogP contribution in [0.1, 0.15) is 66.7 Å². The number of hydrogen-bond donors (Lipinski definition) is 1. The van der Waals surface area contributed by atoms with Crippen molar-refractivity contribution in [3.63, 3.8) is 0 Å². The lowest BCUT2D eigenvalue weighted by Crippen LogP contribution is -2.50. The first kappa shape index (κ1) is 23.0. The molecule has 0 aromatic rings. The number of esters is 1. The van der Waals surface area contributed by atoms with Crippen LogP contribution in [0.2, 0.25) is 0 Å². The normalized spacial score (nSPS) is 35.0. The highest BCUT2D eigenvalue weighted by Crippen LogP contribution is 2.67. The van der Waals surface area contributed by atoms with Crippen LogP contribution in [-0.4, -0.2) is 42.5 Å². The lowest BCUT2D eigenvalue weighted by molar-refractivity contribution is -0.136. The number of epoxide rings is 1. The van der Waals surface area contributed by atoms with Gasteiger partial charge in [0.1, 0.15) is 12.7 Å². The van der Waals surface area contributed by atoms with Crippen LogP contribution in [0.15, 0.2) is 34.4 Å². The molecule has 0 aromatic heterocycles. The number of ketones is 1. The lowest BCUT2D eigenvalue weighted by Gasteiger charge is -2.48. The summed E-state index contributed by atoms with van der Waals surface area (Å²) in [6, 6.07) is 0. The van der Waals surface area contributed by atoms with Gasteiger partial charge < -0.3 is 14.8 Å². The molecular weight excluding hydrogens is 406 g/mol. The number of carbonyl (C=O) groups excluding carboxylic acids is 3. The van der Waals surface area contributed by atoms with Gasteiger partial charge in [0.05, 0.1) is 0 Å². The predicted molar refractivity (Wildman–Crippen MR) is 121 cm³/mol. The molecule has 6 heteroatoms. The molecule has 2 fully saturated rings. The van der Waals surface area contributed by atoms with Crippen molar-refractivity contribution in [3.8, 4) is 0 Å². The quantitative estimate of drug-likeness (QED) is 0.518. The van der Waals surface area contributed by atoms with E-state index in [0.717, 1.165) is 36.0 Å². The molecule has 2 heterocycles. The van der Waals surface area contributed by atoms with E-state index in [9.17, 15) is 14.4 Å². The third-order valence-electron chi connectivity index (χ3n) is 7.89. The van der Waals surface area contributed by atoms with Crippen molar-refractivity contribution in [2.45, 2.75) is 78.4 Å². The molecule has 3 aliphatic carbocycles. The Morgan fingerprint density at radius 3 is 2.75 bits per heavy atom. The van der Waals surface area contributed by atoms with E-state index >= 15 is 0 Å². The fourth-order valence-electron chi connectivity index (χ4n) is 6.18. The largest absolute Gasteiger partial charge is 0.458 e. The number of rotatable bonds is 5. The van der Waals surface area contributed by atoms with Gasteiger partial charge in [0.15, 0.2) is 11.4 Å². The van der Waals surface area contributed by atoms with Crippen LogP contribution in [0.5, 0.6) is 0 Å². The molecule has 6 nitrogen and oxygen atoms in total. The van der Waals surface area contributed by atoms with E-state index in [-0.39, 0.29) is 41.0 Å². The SMILES string of the molecule is CC.CCCNC(=O)CC(C)C1=CC=C2C3(C)CCC4=C(COC4=O)C3CC3OC23C1=O. The molecular formula is C26H35NO5. The Kier molecular flexibility index (Phi) is 5.95. The minimum Gasteiger partial charge on any atom is -0.458 e. The average molecular weight is 442 g/mol. The zero-order valence-corrected chi connectivity index (χ0v) is 19.9. The summed E-state index contributed by atoms with van der Waals surface area (Å²) in [7, 11) is 0. The van der Waals surface area contributed by atoms with Crippen molar-refractivity contribution in [1.29, 1.82) is 0 Å². The van der Waals surface area contributed by atoms with Crippen molar-refractivity contribution in [2.24, 2.45) is 17.3 Å². The maximum absolute atomic E-state index is 13.6. The molecule has 0 radical (unpaired) electrons. The highest BCUT2D eigenvalue weighted by Gasteiger charge is 2.73. The van der Waals surface area contributed by atoms with Crippen LogP contribution in [0, 0.1) is 17.3 Å². The second-order valence-corrected chi connectivity index (χ2v) is 9.61. The molecule has 2 aliphatic heterocycles. The third-order valence-corrected chi connectivity index (χ3v) is 7.89. The van der Waals surface area contributed by atoms with Gasteiger partial charge in [-0.05, 0) is 54.1 Å². The molecule has 5 rings (SSSR count). The van der Waals surface area contributed by atoms with Gasteiger partial charge >= 0.3 is 5.97 Å². The summed E-state index contributed by atoms with van der Waals surface area (Å²) in [5, 5.41) is 2.89. The first-order valence-corrected chi connectivity index (χ1v) is 12.1. The van der Waals surface area contributed by atoms with E-state index in [1.165, 1.54) is 0 Å².